The van der Waals surface area contributed by atoms with Gasteiger partial charge >= 0.3 is 7.82 Å². The van der Waals surface area contributed by atoms with Crippen molar-refractivity contribution in [1.82, 2.24) is 14.6 Å². The lowest BCUT2D eigenvalue weighted by Gasteiger charge is -2.28. The summed E-state index contributed by atoms with van der Waals surface area (Å²) >= 11 is 0. The molecule has 0 saturated carbocycles. The molecule has 1 unspecified atom stereocenters. The molecule has 0 aliphatic carbocycles. The number of unbranched alkanes of at least 4 members (excludes halogenated alkanes) is 17. The number of aliphatic hydroxyl groups is 2. The summed E-state index contributed by atoms with van der Waals surface area (Å²) < 4.78 is 51.4. The largest absolute Gasteiger partial charge is 0.472 e. The number of nitrogen functional groups attached to an aromatic ring is 1. The minimum absolute atomic E-state index is 0.0293. The quantitative estimate of drug-likeness (QED) is 0.0384. The minimum atomic E-state index is -4.71. The molecule has 15 heteroatoms. The predicted molar refractivity (Wildman–Crippen MR) is 216 cm³/mol. The maximum Gasteiger partial charge on any atom is 0.472 e. The van der Waals surface area contributed by atoms with Gasteiger partial charge in [0.05, 0.1) is 43.3 Å². The minimum Gasteiger partial charge on any atom is -0.387 e. The number of rotatable bonds is 29. The number of halogens is 1. The van der Waals surface area contributed by atoms with Gasteiger partial charge in [-0.25, -0.2) is 18.5 Å². The van der Waals surface area contributed by atoms with Crippen LogP contribution < -0.4 is 5.73 Å². The van der Waals surface area contributed by atoms with E-state index in [1.165, 1.54) is 120 Å². The molecule has 0 radical (unpaired) electrons. The monoisotopic (exact) mass is 817 g/mol. The molecule has 1 aliphatic heterocycles. The highest BCUT2D eigenvalue weighted by Crippen LogP contribution is 2.48. The molecule has 0 amide bonds. The first-order chi connectivity index (χ1) is 27.5. The van der Waals surface area contributed by atoms with Gasteiger partial charge in [0.15, 0.2) is 5.82 Å². The van der Waals surface area contributed by atoms with E-state index in [1.807, 2.05) is 6.07 Å². The molecule has 1 fully saturated rings. The van der Waals surface area contributed by atoms with Crippen LogP contribution in [0.3, 0.4) is 0 Å². The van der Waals surface area contributed by atoms with Gasteiger partial charge in [0.2, 0.25) is 0 Å². The summed E-state index contributed by atoms with van der Waals surface area (Å²) in [6.45, 7) is 2.81. The van der Waals surface area contributed by atoms with E-state index in [1.54, 1.807) is 12.1 Å². The van der Waals surface area contributed by atoms with Crippen molar-refractivity contribution in [2.24, 2.45) is 0 Å². The lowest BCUT2D eigenvalue weighted by atomic mass is 9.97. The second-order valence-electron chi connectivity index (χ2n) is 15.7. The first-order valence-electron chi connectivity index (χ1n) is 21.0. The fraction of sp³-hybridized carbons (Fsp3) is 0.690. The highest BCUT2D eigenvalue weighted by Gasteiger charge is 2.53. The molecule has 57 heavy (non-hydrogen) atoms. The normalized spacial score (nSPS) is 21.2. The molecule has 3 aromatic rings. The number of nitrogens with two attached hydrogens (primary N) is 1. The molecule has 13 nitrogen and oxygen atoms in total. The molecule has 318 valence electrons. The molecule has 4 rings (SSSR count). The highest BCUT2D eigenvalue weighted by atomic mass is 31.2. The third kappa shape index (κ3) is 15.3. The van der Waals surface area contributed by atoms with Crippen molar-refractivity contribution in [2.45, 2.75) is 172 Å². The SMILES string of the molecule is CCCCCCCCCCCCCCCCCCCC[C@H](COP(=O)(O)OC[C@@]1(C)O[C@@H](c2ccc3c(N)ncnn23)[C@H](O)[C@@H]1O)OCc1cc(F)cc(C#N)c1. The fourth-order valence-electron chi connectivity index (χ4n) is 7.42. The Labute approximate surface area is 337 Å². The molecular formula is C42H65FN5O8P. The van der Waals surface area contributed by atoms with Gasteiger partial charge in [-0.1, -0.05) is 122 Å². The summed E-state index contributed by atoms with van der Waals surface area (Å²) in [5.74, 6) is -0.337. The van der Waals surface area contributed by atoms with E-state index in [0.29, 0.717) is 23.2 Å². The number of hydrogen-bond acceptors (Lipinski definition) is 11. The number of aromatic nitrogens is 3. The lowest BCUT2D eigenvalue weighted by Crippen LogP contribution is -2.44. The molecule has 3 heterocycles. The first kappa shape index (κ1) is 46.7. The molecule has 0 spiro atoms. The first-order valence-corrected chi connectivity index (χ1v) is 22.5. The van der Waals surface area contributed by atoms with E-state index >= 15 is 0 Å². The van der Waals surface area contributed by atoms with Crippen LogP contribution in [0.2, 0.25) is 0 Å². The Morgan fingerprint density at radius 3 is 2.14 bits per heavy atom. The molecule has 5 N–H and O–H groups in total. The van der Waals surface area contributed by atoms with Crippen LogP contribution in [0.4, 0.5) is 10.2 Å². The Bertz CT molecular complexity index is 1730. The number of benzene rings is 1. The maximum atomic E-state index is 14.1. The summed E-state index contributed by atoms with van der Waals surface area (Å²) in [6.07, 6.45) is 19.8. The highest BCUT2D eigenvalue weighted by molar-refractivity contribution is 7.47. The zero-order chi connectivity index (χ0) is 41.1. The topological polar surface area (TPSA) is 195 Å². The van der Waals surface area contributed by atoms with E-state index in [2.05, 4.69) is 17.0 Å². The van der Waals surface area contributed by atoms with Gasteiger partial charge in [0.25, 0.3) is 0 Å². The van der Waals surface area contributed by atoms with Crippen LogP contribution in [0.1, 0.15) is 159 Å². The van der Waals surface area contributed by atoms with Crippen molar-refractivity contribution < 1.29 is 42.6 Å². The standard InChI is InChI=1S/C42H65FN5O8P/c1-3-4-5-6-7-8-9-10-11-12-13-14-15-16-17-18-19-20-21-35(53-28-33-24-32(27-44)25-34(43)26-33)29-54-57(51,52)55-30-42(2)40(50)38(49)39(56-42)36-22-23-37-41(45)46-31-47-48(36)37/h22-26,31,35,38-40,49-50H,3-21,28-30H2,1-2H3,(H,51,52)(H2,45,46,47)/t35-,38+,39+,40+,42-/m1/s1. The Kier molecular flexibility index (Phi) is 19.8. The molecule has 2 aromatic heterocycles. The Morgan fingerprint density at radius 2 is 1.54 bits per heavy atom. The van der Waals surface area contributed by atoms with E-state index < -0.39 is 50.3 Å². The van der Waals surface area contributed by atoms with Crippen LogP contribution in [-0.2, 0) is 29.7 Å². The van der Waals surface area contributed by atoms with Crippen molar-refractivity contribution in [3.05, 3.63) is 59.3 Å². The smallest absolute Gasteiger partial charge is 0.387 e. The van der Waals surface area contributed by atoms with Crippen LogP contribution in [0.5, 0.6) is 0 Å². The van der Waals surface area contributed by atoms with Crippen molar-refractivity contribution in [3.8, 4) is 6.07 Å². The van der Waals surface area contributed by atoms with Gasteiger partial charge in [0, 0.05) is 0 Å². The van der Waals surface area contributed by atoms with Gasteiger partial charge in [-0.15, -0.1) is 0 Å². The van der Waals surface area contributed by atoms with Crippen LogP contribution in [-0.4, -0.2) is 66.8 Å². The molecule has 6 atom stereocenters. The van der Waals surface area contributed by atoms with Crippen molar-refractivity contribution >= 4 is 19.2 Å². The lowest BCUT2D eigenvalue weighted by molar-refractivity contribution is -0.101. The fourth-order valence-corrected chi connectivity index (χ4v) is 8.27. The van der Waals surface area contributed by atoms with Crippen LogP contribution in [0, 0.1) is 17.1 Å². The summed E-state index contributed by atoms with van der Waals surface area (Å²) in [4.78, 5) is 14.6. The van der Waals surface area contributed by atoms with Crippen molar-refractivity contribution in [3.63, 3.8) is 0 Å². The van der Waals surface area contributed by atoms with Crippen molar-refractivity contribution in [2.75, 3.05) is 18.9 Å². The molecule has 1 saturated heterocycles. The summed E-state index contributed by atoms with van der Waals surface area (Å²) in [7, 11) is -4.71. The third-order valence-corrected chi connectivity index (χ3v) is 11.8. The number of ether oxygens (including phenoxy) is 2. The van der Waals surface area contributed by atoms with E-state index in [4.69, 9.17) is 24.3 Å². The summed E-state index contributed by atoms with van der Waals surface area (Å²) in [5, 5.41) is 35.3. The number of phosphoric ester groups is 1. The number of anilines is 1. The summed E-state index contributed by atoms with van der Waals surface area (Å²) in [6, 6.07) is 9.18. The Balaban J connectivity index is 1.19. The number of nitrogens with zero attached hydrogens (tertiary/aromatic N) is 4. The van der Waals surface area contributed by atoms with Gasteiger partial charge in [0.1, 0.15) is 41.6 Å². The molecule has 1 aliphatic rings. The maximum absolute atomic E-state index is 14.1. The average molecular weight is 818 g/mol. The molecule has 1 aromatic carbocycles. The van der Waals surface area contributed by atoms with E-state index in [-0.39, 0.29) is 24.6 Å². The second-order valence-corrected chi connectivity index (χ2v) is 17.2. The second kappa shape index (κ2) is 24.2. The van der Waals surface area contributed by atoms with Gasteiger partial charge in [-0.05, 0) is 49.2 Å². The van der Waals surface area contributed by atoms with Crippen LogP contribution >= 0.6 is 7.82 Å². The van der Waals surface area contributed by atoms with Crippen LogP contribution in [0.25, 0.3) is 5.52 Å². The average Bonchev–Trinajstić information content (AvgIpc) is 3.72. The Hall–Kier alpha value is -2.99. The van der Waals surface area contributed by atoms with Crippen LogP contribution in [0.15, 0.2) is 36.7 Å². The molecular weight excluding hydrogens is 752 g/mol. The number of aliphatic hydroxyl groups excluding tert-OH is 2. The molecule has 0 bridgehead atoms. The van der Waals surface area contributed by atoms with E-state index in [0.717, 1.165) is 31.7 Å². The van der Waals surface area contributed by atoms with Gasteiger partial charge in [-0.2, -0.15) is 10.4 Å². The summed E-state index contributed by atoms with van der Waals surface area (Å²) in [5.41, 5.74) is 5.85. The third-order valence-electron chi connectivity index (χ3n) is 10.8. The number of hydrogen-bond donors (Lipinski definition) is 4. The van der Waals surface area contributed by atoms with Gasteiger partial charge in [-0.3, -0.25) is 9.05 Å². The number of phosphoric acid groups is 1. The Morgan fingerprint density at radius 1 is 0.947 bits per heavy atom. The zero-order valence-corrected chi connectivity index (χ0v) is 34.8. The van der Waals surface area contributed by atoms with E-state index in [9.17, 15) is 29.3 Å². The number of nitriles is 1. The van der Waals surface area contributed by atoms with Gasteiger partial charge < -0.3 is 30.3 Å². The number of fused-ring (bicyclic) bond motifs is 1. The predicted octanol–water partition coefficient (Wildman–Crippen LogP) is 9.02. The van der Waals surface area contributed by atoms with Crippen molar-refractivity contribution in [1.29, 1.82) is 5.26 Å². The zero-order valence-electron chi connectivity index (χ0n) is 33.9.